The molecule has 1 aromatic rings. The minimum Gasteiger partial charge on any atom is -0.510 e. The first-order chi connectivity index (χ1) is 5.83. The van der Waals surface area contributed by atoms with Crippen molar-refractivity contribution >= 4 is 0 Å². The molecule has 0 aromatic heterocycles. The fourth-order valence-electron chi connectivity index (χ4n) is 1.02. The topological polar surface area (TPSA) is 32.3 Å². The first-order valence-corrected chi connectivity index (χ1v) is 3.92. The third-order valence-electron chi connectivity index (χ3n) is 1.54. The van der Waals surface area contributed by atoms with Gasteiger partial charge in [0.15, 0.2) is 0 Å². The Hall–Kier alpha value is -1.44. The van der Waals surface area contributed by atoms with E-state index in [-0.39, 0.29) is 0 Å². The van der Waals surface area contributed by atoms with Crippen LogP contribution in [0.1, 0.15) is 5.56 Å². The van der Waals surface area contributed by atoms with E-state index < -0.39 is 0 Å². The van der Waals surface area contributed by atoms with Gasteiger partial charge in [-0.05, 0) is 5.56 Å². The van der Waals surface area contributed by atoms with Gasteiger partial charge in [0, 0.05) is 19.7 Å². The molecule has 2 heteroatoms. The molecule has 0 saturated heterocycles. The molecule has 12 heavy (non-hydrogen) atoms. The van der Waals surface area contributed by atoms with E-state index >= 15 is 0 Å². The normalized spacial score (nSPS) is 11.2. The lowest BCUT2D eigenvalue weighted by molar-refractivity contribution is 0.394. The Bertz CT molecular complexity index is 254. The Morgan fingerprint density at radius 1 is 1.42 bits per heavy atom. The maximum Gasteiger partial charge on any atom is 0.112 e. The van der Waals surface area contributed by atoms with Crippen molar-refractivity contribution in [3.8, 4) is 0 Å². The van der Waals surface area contributed by atoms with E-state index in [1.54, 1.807) is 13.2 Å². The summed E-state index contributed by atoms with van der Waals surface area (Å²) in [7, 11) is 1.77. The second-order valence-corrected chi connectivity index (χ2v) is 2.59. The molecule has 0 bridgehead atoms. The highest BCUT2D eigenvalue weighted by Crippen LogP contribution is 2.03. The molecule has 0 unspecified atom stereocenters. The number of aliphatic hydroxyl groups is 1. The van der Waals surface area contributed by atoms with E-state index in [0.29, 0.717) is 12.2 Å². The Labute approximate surface area is 72.5 Å². The van der Waals surface area contributed by atoms with Crippen molar-refractivity contribution in [2.24, 2.45) is 0 Å². The summed E-state index contributed by atoms with van der Waals surface area (Å²) in [6.45, 7) is 0. The van der Waals surface area contributed by atoms with Crippen molar-refractivity contribution in [3.63, 3.8) is 0 Å². The third kappa shape index (κ3) is 2.66. The molecule has 2 N–H and O–H groups in total. The molecule has 0 aliphatic rings. The molecule has 0 aliphatic heterocycles. The maximum absolute atomic E-state index is 9.30. The monoisotopic (exact) mass is 163 g/mol. The van der Waals surface area contributed by atoms with Crippen LogP contribution in [0.15, 0.2) is 42.3 Å². The van der Waals surface area contributed by atoms with Gasteiger partial charge in [-0.2, -0.15) is 0 Å². The molecule has 2 nitrogen and oxygen atoms in total. The van der Waals surface area contributed by atoms with Gasteiger partial charge in [-0.15, -0.1) is 0 Å². The summed E-state index contributed by atoms with van der Waals surface area (Å²) in [6.07, 6.45) is 2.18. The number of hydrogen-bond donors (Lipinski definition) is 2. The van der Waals surface area contributed by atoms with Gasteiger partial charge in [-0.3, -0.25) is 0 Å². The molecule has 0 atom stereocenters. The zero-order chi connectivity index (χ0) is 8.81. The van der Waals surface area contributed by atoms with Gasteiger partial charge in [0.05, 0.1) is 0 Å². The SMILES string of the molecule is CN/C=C(\O)Cc1ccccc1. The lowest BCUT2D eigenvalue weighted by Gasteiger charge is -1.99. The summed E-state index contributed by atoms with van der Waals surface area (Å²) in [5.41, 5.74) is 1.11. The summed E-state index contributed by atoms with van der Waals surface area (Å²) < 4.78 is 0. The third-order valence-corrected chi connectivity index (χ3v) is 1.54. The zero-order valence-corrected chi connectivity index (χ0v) is 7.12. The smallest absolute Gasteiger partial charge is 0.112 e. The summed E-state index contributed by atoms with van der Waals surface area (Å²) >= 11 is 0. The molecule has 0 saturated carbocycles. The van der Waals surface area contributed by atoms with Crippen molar-refractivity contribution in [1.29, 1.82) is 0 Å². The van der Waals surface area contributed by atoms with Gasteiger partial charge in [0.1, 0.15) is 5.76 Å². The summed E-state index contributed by atoms with van der Waals surface area (Å²) in [5.74, 6) is 0.351. The van der Waals surface area contributed by atoms with Gasteiger partial charge in [0.25, 0.3) is 0 Å². The molecule has 0 amide bonds. The molecule has 1 aromatic carbocycles. The van der Waals surface area contributed by atoms with Crippen LogP contribution in [0.25, 0.3) is 0 Å². The van der Waals surface area contributed by atoms with Gasteiger partial charge >= 0.3 is 0 Å². The summed E-state index contributed by atoms with van der Waals surface area (Å²) in [4.78, 5) is 0. The van der Waals surface area contributed by atoms with Crippen molar-refractivity contribution < 1.29 is 5.11 Å². The average molecular weight is 163 g/mol. The minimum atomic E-state index is 0.351. The van der Waals surface area contributed by atoms with Crippen LogP contribution in [-0.4, -0.2) is 12.2 Å². The van der Waals surface area contributed by atoms with Crippen LogP contribution in [0.2, 0.25) is 0 Å². The van der Waals surface area contributed by atoms with Gasteiger partial charge in [0.2, 0.25) is 0 Å². The van der Waals surface area contributed by atoms with Crippen molar-refractivity contribution in [1.82, 2.24) is 5.32 Å². The number of nitrogens with one attached hydrogen (secondary N) is 1. The highest BCUT2D eigenvalue weighted by molar-refractivity contribution is 5.18. The second-order valence-electron chi connectivity index (χ2n) is 2.59. The fourth-order valence-corrected chi connectivity index (χ4v) is 1.02. The second kappa shape index (κ2) is 4.44. The maximum atomic E-state index is 9.30. The largest absolute Gasteiger partial charge is 0.510 e. The zero-order valence-electron chi connectivity index (χ0n) is 7.12. The minimum absolute atomic E-state index is 0.351. The Morgan fingerprint density at radius 3 is 2.67 bits per heavy atom. The lowest BCUT2D eigenvalue weighted by atomic mass is 10.1. The van der Waals surface area contributed by atoms with E-state index in [1.165, 1.54) is 0 Å². The van der Waals surface area contributed by atoms with Crippen LogP contribution in [0.3, 0.4) is 0 Å². The standard InChI is InChI=1S/C10H13NO/c1-11-8-10(12)7-9-5-3-2-4-6-9/h2-6,8,11-12H,7H2,1H3/b10-8-. The molecule has 0 radical (unpaired) electrons. The van der Waals surface area contributed by atoms with Crippen LogP contribution in [0.4, 0.5) is 0 Å². The van der Waals surface area contributed by atoms with E-state index in [9.17, 15) is 5.11 Å². The van der Waals surface area contributed by atoms with E-state index in [4.69, 9.17) is 0 Å². The summed E-state index contributed by atoms with van der Waals surface area (Å²) in [6, 6.07) is 9.85. The van der Waals surface area contributed by atoms with Gasteiger partial charge in [-0.25, -0.2) is 0 Å². The highest BCUT2D eigenvalue weighted by atomic mass is 16.3. The predicted octanol–water partition coefficient (Wildman–Crippen LogP) is 1.85. The Morgan fingerprint density at radius 2 is 2.08 bits per heavy atom. The molecule has 0 spiro atoms. The van der Waals surface area contributed by atoms with E-state index in [2.05, 4.69) is 5.32 Å². The number of benzene rings is 1. The Kier molecular flexibility index (Phi) is 3.20. The predicted molar refractivity (Wildman–Crippen MR) is 49.9 cm³/mol. The first-order valence-electron chi connectivity index (χ1n) is 3.92. The van der Waals surface area contributed by atoms with Crippen LogP contribution in [0.5, 0.6) is 0 Å². The number of allylic oxidation sites excluding steroid dienone is 1. The van der Waals surface area contributed by atoms with Crippen LogP contribution in [-0.2, 0) is 6.42 Å². The molecule has 0 fully saturated rings. The van der Waals surface area contributed by atoms with Gasteiger partial charge in [-0.1, -0.05) is 30.3 Å². The van der Waals surface area contributed by atoms with E-state index in [0.717, 1.165) is 5.56 Å². The average Bonchev–Trinajstić information content (AvgIpc) is 2.06. The molecule has 64 valence electrons. The first kappa shape index (κ1) is 8.65. The highest BCUT2D eigenvalue weighted by Gasteiger charge is 1.94. The fraction of sp³-hybridized carbons (Fsp3) is 0.200. The molecule has 0 aliphatic carbocycles. The lowest BCUT2D eigenvalue weighted by Crippen LogP contribution is -1.98. The number of rotatable bonds is 3. The van der Waals surface area contributed by atoms with Crippen molar-refractivity contribution in [3.05, 3.63) is 47.9 Å². The quantitative estimate of drug-likeness (QED) is 0.666. The van der Waals surface area contributed by atoms with Crippen molar-refractivity contribution in [2.45, 2.75) is 6.42 Å². The number of hydrogen-bond acceptors (Lipinski definition) is 2. The number of aliphatic hydroxyl groups excluding tert-OH is 1. The molecule has 1 rings (SSSR count). The molecule has 0 heterocycles. The van der Waals surface area contributed by atoms with Crippen LogP contribution >= 0.6 is 0 Å². The van der Waals surface area contributed by atoms with Crippen LogP contribution in [0, 0.1) is 0 Å². The van der Waals surface area contributed by atoms with Gasteiger partial charge < -0.3 is 10.4 Å². The summed E-state index contributed by atoms with van der Waals surface area (Å²) in [5, 5.41) is 12.1. The molecular weight excluding hydrogens is 150 g/mol. The Balaban J connectivity index is 2.58. The van der Waals surface area contributed by atoms with Crippen LogP contribution < -0.4 is 5.32 Å². The van der Waals surface area contributed by atoms with Crippen molar-refractivity contribution in [2.75, 3.05) is 7.05 Å². The van der Waals surface area contributed by atoms with E-state index in [1.807, 2.05) is 30.3 Å². The molecular formula is C10H13NO.